The smallest absolute Gasteiger partial charge is 0.238 e. The Morgan fingerprint density at radius 2 is 1.58 bits per heavy atom. The van der Waals surface area contributed by atoms with Crippen LogP contribution in [0, 0.1) is 0 Å². The number of sulfonamides is 1. The van der Waals surface area contributed by atoms with Crippen LogP contribution in [0.3, 0.4) is 0 Å². The molecule has 0 aliphatic rings. The highest BCUT2D eigenvalue weighted by atomic mass is 32.2. The molecule has 0 aromatic heterocycles. The van der Waals surface area contributed by atoms with Crippen molar-refractivity contribution in [2.24, 2.45) is 5.14 Å². The molecule has 0 saturated heterocycles. The molecule has 0 saturated carbocycles. The Morgan fingerprint density at radius 1 is 1.00 bits per heavy atom. The number of ether oxygens (including phenoxy) is 1. The Hall–Kier alpha value is -1.85. The largest absolute Gasteiger partial charge is 0.493 e. The average Bonchev–Trinajstić information content (AvgIpc) is 2.39. The van der Waals surface area contributed by atoms with E-state index >= 15 is 0 Å². The molecule has 0 spiro atoms. The highest BCUT2D eigenvalue weighted by Gasteiger charge is 2.16. The van der Waals surface area contributed by atoms with Gasteiger partial charge in [-0.2, -0.15) is 0 Å². The maximum Gasteiger partial charge on any atom is 0.238 e. The Balaban J connectivity index is 2.66. The van der Waals surface area contributed by atoms with Crippen molar-refractivity contribution in [1.82, 2.24) is 0 Å². The SMILES string of the molecule is CCOc1ccccc1-c1ccccc1S(N)(=O)=O. The van der Waals surface area contributed by atoms with E-state index in [4.69, 9.17) is 9.88 Å². The first kappa shape index (κ1) is 13.6. The molecule has 2 aromatic carbocycles. The van der Waals surface area contributed by atoms with Crippen molar-refractivity contribution in [3.8, 4) is 16.9 Å². The highest BCUT2D eigenvalue weighted by Crippen LogP contribution is 2.33. The normalized spacial score (nSPS) is 11.3. The van der Waals surface area contributed by atoms with E-state index in [1.54, 1.807) is 24.3 Å². The standard InChI is InChI=1S/C14H15NO3S/c1-2-18-13-9-5-3-7-11(13)12-8-4-6-10-14(12)19(15,16)17/h3-10H,2H2,1H3,(H2,15,16,17). The molecule has 2 aromatic rings. The minimum Gasteiger partial charge on any atom is -0.493 e. The van der Waals surface area contributed by atoms with E-state index in [9.17, 15) is 8.42 Å². The van der Waals surface area contributed by atoms with Gasteiger partial charge in [-0.25, -0.2) is 13.6 Å². The van der Waals surface area contributed by atoms with Gasteiger partial charge in [-0.05, 0) is 19.1 Å². The summed E-state index contributed by atoms with van der Waals surface area (Å²) in [6, 6.07) is 13.9. The van der Waals surface area contributed by atoms with Gasteiger partial charge in [-0.1, -0.05) is 36.4 Å². The predicted octanol–water partition coefficient (Wildman–Crippen LogP) is 2.40. The molecule has 0 aliphatic carbocycles. The first-order chi connectivity index (χ1) is 9.04. The van der Waals surface area contributed by atoms with Gasteiger partial charge in [0.05, 0.1) is 11.5 Å². The summed E-state index contributed by atoms with van der Waals surface area (Å²) in [5.41, 5.74) is 1.27. The summed E-state index contributed by atoms with van der Waals surface area (Å²) in [5, 5.41) is 5.25. The van der Waals surface area contributed by atoms with E-state index in [1.807, 2.05) is 25.1 Å². The molecule has 5 heteroatoms. The second-order valence-corrected chi connectivity index (χ2v) is 5.50. The Bertz CT molecular complexity index is 681. The van der Waals surface area contributed by atoms with Crippen molar-refractivity contribution in [3.05, 3.63) is 48.5 Å². The third kappa shape index (κ3) is 2.94. The van der Waals surface area contributed by atoms with Gasteiger partial charge in [0.15, 0.2) is 0 Å². The fourth-order valence-electron chi connectivity index (χ4n) is 1.91. The number of primary sulfonamides is 1. The molecule has 0 aliphatic heterocycles. The zero-order valence-corrected chi connectivity index (χ0v) is 11.4. The van der Waals surface area contributed by atoms with Crippen LogP contribution >= 0.6 is 0 Å². The lowest BCUT2D eigenvalue weighted by molar-refractivity contribution is 0.341. The first-order valence-electron chi connectivity index (χ1n) is 5.88. The maximum absolute atomic E-state index is 11.6. The fraction of sp³-hybridized carbons (Fsp3) is 0.143. The molecule has 0 heterocycles. The van der Waals surface area contributed by atoms with E-state index in [-0.39, 0.29) is 4.90 Å². The molecule has 0 amide bonds. The summed E-state index contributed by atoms with van der Waals surface area (Å²) < 4.78 is 28.8. The van der Waals surface area contributed by atoms with Gasteiger partial charge in [0.25, 0.3) is 0 Å². The lowest BCUT2D eigenvalue weighted by Gasteiger charge is -2.12. The van der Waals surface area contributed by atoms with Crippen LogP contribution in [0.15, 0.2) is 53.4 Å². The van der Waals surface area contributed by atoms with E-state index in [0.717, 1.165) is 0 Å². The lowest BCUT2D eigenvalue weighted by atomic mass is 10.0. The summed E-state index contributed by atoms with van der Waals surface area (Å²) >= 11 is 0. The molecule has 0 fully saturated rings. The van der Waals surface area contributed by atoms with Gasteiger partial charge in [-0.15, -0.1) is 0 Å². The summed E-state index contributed by atoms with van der Waals surface area (Å²) in [6.45, 7) is 2.39. The number of rotatable bonds is 4. The predicted molar refractivity (Wildman–Crippen MR) is 74.4 cm³/mol. The van der Waals surface area contributed by atoms with Gasteiger partial charge in [-0.3, -0.25) is 0 Å². The van der Waals surface area contributed by atoms with Gasteiger partial charge >= 0.3 is 0 Å². The molecule has 2 N–H and O–H groups in total. The third-order valence-corrected chi connectivity index (χ3v) is 3.64. The maximum atomic E-state index is 11.6. The number of benzene rings is 2. The number of para-hydroxylation sites is 1. The second-order valence-electron chi connectivity index (χ2n) is 3.97. The molecular weight excluding hydrogens is 262 g/mol. The van der Waals surface area contributed by atoms with Crippen LogP contribution < -0.4 is 9.88 Å². The number of nitrogens with two attached hydrogens (primary N) is 1. The zero-order valence-electron chi connectivity index (χ0n) is 10.5. The van der Waals surface area contributed by atoms with Crippen LogP contribution in [0.5, 0.6) is 5.75 Å². The molecular formula is C14H15NO3S. The van der Waals surface area contributed by atoms with Crippen molar-refractivity contribution in [3.63, 3.8) is 0 Å². The summed E-state index contributed by atoms with van der Waals surface area (Å²) in [7, 11) is -3.77. The van der Waals surface area contributed by atoms with Crippen molar-refractivity contribution in [2.45, 2.75) is 11.8 Å². The third-order valence-electron chi connectivity index (χ3n) is 2.67. The number of hydrogen-bond donors (Lipinski definition) is 1. The van der Waals surface area contributed by atoms with Crippen molar-refractivity contribution < 1.29 is 13.2 Å². The molecule has 19 heavy (non-hydrogen) atoms. The first-order valence-corrected chi connectivity index (χ1v) is 7.42. The lowest BCUT2D eigenvalue weighted by Crippen LogP contribution is -2.13. The Labute approximate surface area is 112 Å². The Morgan fingerprint density at radius 3 is 2.21 bits per heavy atom. The van der Waals surface area contributed by atoms with Crippen molar-refractivity contribution in [2.75, 3.05) is 6.61 Å². The molecule has 0 unspecified atom stereocenters. The van der Waals surface area contributed by atoms with Gasteiger partial charge < -0.3 is 4.74 Å². The molecule has 100 valence electrons. The molecule has 0 atom stereocenters. The Kier molecular flexibility index (Phi) is 3.87. The monoisotopic (exact) mass is 277 g/mol. The van der Waals surface area contributed by atoms with Crippen LogP contribution in [-0.4, -0.2) is 15.0 Å². The van der Waals surface area contributed by atoms with Gasteiger partial charge in [0, 0.05) is 11.1 Å². The summed E-state index contributed by atoms with van der Waals surface area (Å²) in [6.07, 6.45) is 0. The van der Waals surface area contributed by atoms with E-state index in [2.05, 4.69) is 0 Å². The van der Waals surface area contributed by atoms with E-state index < -0.39 is 10.0 Å². The quantitative estimate of drug-likeness (QED) is 0.933. The van der Waals surface area contributed by atoms with Gasteiger partial charge in [0.2, 0.25) is 10.0 Å². The highest BCUT2D eigenvalue weighted by molar-refractivity contribution is 7.89. The van der Waals surface area contributed by atoms with E-state index in [1.165, 1.54) is 6.07 Å². The topological polar surface area (TPSA) is 69.4 Å². The van der Waals surface area contributed by atoms with Crippen LogP contribution in [0.25, 0.3) is 11.1 Å². The van der Waals surface area contributed by atoms with Crippen LogP contribution in [0.2, 0.25) is 0 Å². The zero-order chi connectivity index (χ0) is 13.9. The summed E-state index contributed by atoms with van der Waals surface area (Å²) in [4.78, 5) is 0.0992. The fourth-order valence-corrected chi connectivity index (χ4v) is 2.66. The second kappa shape index (κ2) is 5.42. The van der Waals surface area contributed by atoms with Crippen LogP contribution in [0.4, 0.5) is 0 Å². The molecule has 2 rings (SSSR count). The summed E-state index contributed by atoms with van der Waals surface area (Å²) in [5.74, 6) is 0.640. The minimum atomic E-state index is -3.77. The minimum absolute atomic E-state index is 0.0992. The van der Waals surface area contributed by atoms with Gasteiger partial charge in [0.1, 0.15) is 5.75 Å². The van der Waals surface area contributed by atoms with Crippen molar-refractivity contribution in [1.29, 1.82) is 0 Å². The average molecular weight is 277 g/mol. The number of hydrogen-bond acceptors (Lipinski definition) is 3. The molecule has 4 nitrogen and oxygen atoms in total. The van der Waals surface area contributed by atoms with Crippen LogP contribution in [-0.2, 0) is 10.0 Å². The molecule has 0 radical (unpaired) electrons. The van der Waals surface area contributed by atoms with Crippen molar-refractivity contribution >= 4 is 10.0 Å². The van der Waals surface area contributed by atoms with Crippen LogP contribution in [0.1, 0.15) is 6.92 Å². The molecule has 0 bridgehead atoms. The van der Waals surface area contributed by atoms with E-state index in [0.29, 0.717) is 23.5 Å².